The van der Waals surface area contributed by atoms with Crippen LogP contribution in [0.3, 0.4) is 0 Å². The second-order valence-corrected chi connectivity index (χ2v) is 14.5. The number of hydrogen-bond donors (Lipinski definition) is 1. The Morgan fingerprint density at radius 3 is 2.21 bits per heavy atom. The molecule has 2 aromatic rings. The lowest BCUT2D eigenvalue weighted by molar-refractivity contribution is -0.118. The molecule has 1 unspecified atom stereocenters. The van der Waals surface area contributed by atoms with Gasteiger partial charge in [0.2, 0.25) is 0 Å². The van der Waals surface area contributed by atoms with Crippen LogP contribution in [0.15, 0.2) is 29.3 Å². The van der Waals surface area contributed by atoms with E-state index in [0.717, 1.165) is 23.5 Å². The van der Waals surface area contributed by atoms with Crippen molar-refractivity contribution < 1.29 is 32.5 Å². The molecule has 0 radical (unpaired) electrons. The third-order valence-corrected chi connectivity index (χ3v) is 9.17. The Balaban J connectivity index is 1.57. The predicted octanol–water partition coefficient (Wildman–Crippen LogP) is 4.69. The van der Waals surface area contributed by atoms with Gasteiger partial charge in [-0.05, 0) is 6.08 Å². The van der Waals surface area contributed by atoms with Crippen LogP contribution >= 0.6 is 31.3 Å². The normalized spacial score (nSPS) is 16.4. The van der Waals surface area contributed by atoms with Gasteiger partial charge in [0.05, 0.1) is 19.5 Å². The van der Waals surface area contributed by atoms with Crippen LogP contribution in [0.2, 0.25) is 0 Å². The van der Waals surface area contributed by atoms with Crippen LogP contribution in [0.4, 0.5) is 0 Å². The van der Waals surface area contributed by atoms with Crippen molar-refractivity contribution in [3.8, 4) is 0 Å². The molecule has 0 amide bonds. The Kier molecular flexibility index (Phi) is 10.6. The Morgan fingerprint density at radius 1 is 1.05 bits per heavy atom. The first kappa shape index (κ1) is 31.6. The molecule has 0 spiro atoms. The minimum Gasteiger partial charge on any atom is -0.472 e. The summed E-state index contributed by atoms with van der Waals surface area (Å²) in [5.41, 5.74) is -0.799. The van der Waals surface area contributed by atoms with E-state index in [9.17, 15) is 18.9 Å². The van der Waals surface area contributed by atoms with E-state index in [2.05, 4.69) is 15.0 Å². The van der Waals surface area contributed by atoms with Crippen LogP contribution in [0.25, 0.3) is 11.2 Å². The van der Waals surface area contributed by atoms with Gasteiger partial charge in [-0.25, -0.2) is 14.5 Å². The number of ether oxygens (including phenoxy) is 1. The van der Waals surface area contributed by atoms with Crippen LogP contribution < -0.4 is 5.56 Å². The molecule has 39 heavy (non-hydrogen) atoms. The molecule has 0 saturated carbocycles. The molecule has 0 bridgehead atoms. The standard InChI is InChI=1S/C24H35N4O8PS2/c1-23(2,3)21(30)38-11-9-33-37(32,34-10-12-39-22(31)24(4,5)6)35-13-16-7-8-17(36-16)28-15-27-18-19(28)25-14-26-20(18)29/h7,14-15,17H,8-13H2,1-6H3,(H,25,26,29). The van der Waals surface area contributed by atoms with E-state index in [4.69, 9.17) is 18.3 Å². The zero-order valence-corrected chi connectivity index (χ0v) is 25.5. The van der Waals surface area contributed by atoms with Gasteiger partial charge >= 0.3 is 7.82 Å². The van der Waals surface area contributed by atoms with E-state index in [-0.39, 0.29) is 52.6 Å². The molecule has 1 atom stereocenters. The molecule has 0 saturated heterocycles. The van der Waals surface area contributed by atoms with E-state index < -0.39 is 24.9 Å². The number of phosphoric ester groups is 1. The van der Waals surface area contributed by atoms with E-state index in [1.54, 1.807) is 10.6 Å². The molecule has 3 heterocycles. The third kappa shape index (κ3) is 9.02. The number of imidazole rings is 1. The number of thioether (sulfide) groups is 2. The molecular formula is C24H35N4O8PS2. The summed E-state index contributed by atoms with van der Waals surface area (Å²) >= 11 is 2.17. The van der Waals surface area contributed by atoms with Gasteiger partial charge in [-0.1, -0.05) is 65.1 Å². The fraction of sp³-hybridized carbons (Fsp3) is 0.625. The average Bonchev–Trinajstić information content (AvgIpc) is 3.49. The van der Waals surface area contributed by atoms with Crippen molar-refractivity contribution in [1.29, 1.82) is 0 Å². The molecule has 0 aromatic carbocycles. The second kappa shape index (κ2) is 13.1. The summed E-state index contributed by atoms with van der Waals surface area (Å²) in [5.74, 6) is 0.935. The lowest BCUT2D eigenvalue weighted by Crippen LogP contribution is -2.18. The number of H-pyrrole nitrogens is 1. The highest BCUT2D eigenvalue weighted by Crippen LogP contribution is 2.50. The zero-order valence-electron chi connectivity index (χ0n) is 22.9. The van der Waals surface area contributed by atoms with Gasteiger partial charge in [-0.2, -0.15) is 0 Å². The SMILES string of the molecule is CC(C)(C)C(=O)SCCOP(=O)(OCCSC(=O)C(C)(C)C)OCC1=CCC(n2cnc3c(=O)[nH]cnc32)O1. The summed E-state index contributed by atoms with van der Waals surface area (Å²) in [6, 6.07) is 0. The monoisotopic (exact) mass is 602 g/mol. The molecule has 1 aliphatic rings. The average molecular weight is 603 g/mol. The van der Waals surface area contributed by atoms with Crippen LogP contribution in [0.5, 0.6) is 0 Å². The molecular weight excluding hydrogens is 567 g/mol. The van der Waals surface area contributed by atoms with Gasteiger partial charge in [-0.3, -0.25) is 32.5 Å². The zero-order chi connectivity index (χ0) is 28.8. The number of rotatable bonds is 12. The Labute approximate surface area is 235 Å². The molecule has 216 valence electrons. The topological polar surface area (TPSA) is 152 Å². The predicted molar refractivity (Wildman–Crippen MR) is 150 cm³/mol. The van der Waals surface area contributed by atoms with Crippen molar-refractivity contribution in [1.82, 2.24) is 19.5 Å². The summed E-state index contributed by atoms with van der Waals surface area (Å²) in [4.78, 5) is 47.0. The highest BCUT2D eigenvalue weighted by Gasteiger charge is 2.31. The van der Waals surface area contributed by atoms with Crippen molar-refractivity contribution in [3.63, 3.8) is 0 Å². The number of nitrogens with zero attached hydrogens (tertiary/aromatic N) is 3. The molecule has 1 N–H and O–H groups in total. The van der Waals surface area contributed by atoms with Gasteiger partial charge in [0.1, 0.15) is 18.7 Å². The summed E-state index contributed by atoms with van der Waals surface area (Å²) in [7, 11) is -4.05. The highest BCUT2D eigenvalue weighted by atomic mass is 32.2. The van der Waals surface area contributed by atoms with Crippen LogP contribution in [0.1, 0.15) is 54.2 Å². The summed E-state index contributed by atoms with van der Waals surface area (Å²) < 4.78 is 37.5. The Bertz CT molecular complexity index is 1270. The maximum absolute atomic E-state index is 13.4. The second-order valence-electron chi connectivity index (χ2n) is 10.7. The van der Waals surface area contributed by atoms with E-state index in [0.29, 0.717) is 17.8 Å². The van der Waals surface area contributed by atoms with Crippen molar-refractivity contribution in [2.24, 2.45) is 10.8 Å². The fourth-order valence-electron chi connectivity index (χ4n) is 3.09. The lowest BCUT2D eigenvalue weighted by atomic mass is 9.99. The molecule has 0 aliphatic carbocycles. The van der Waals surface area contributed by atoms with E-state index in [1.165, 1.54) is 12.7 Å². The van der Waals surface area contributed by atoms with E-state index in [1.807, 2.05) is 41.5 Å². The van der Waals surface area contributed by atoms with Crippen molar-refractivity contribution in [2.45, 2.75) is 54.2 Å². The van der Waals surface area contributed by atoms with Gasteiger partial charge in [0.15, 0.2) is 27.6 Å². The molecule has 2 aromatic heterocycles. The Hall–Kier alpha value is -1.96. The minimum absolute atomic E-state index is 0.0149. The number of aromatic amines is 1. The van der Waals surface area contributed by atoms with Crippen LogP contribution in [-0.4, -0.2) is 61.1 Å². The van der Waals surface area contributed by atoms with Gasteiger partial charge in [-0.15, -0.1) is 0 Å². The number of aromatic nitrogens is 4. The first-order valence-corrected chi connectivity index (χ1v) is 15.8. The summed E-state index contributed by atoms with van der Waals surface area (Å²) in [5, 5.41) is -0.0298. The van der Waals surface area contributed by atoms with E-state index >= 15 is 0 Å². The fourth-order valence-corrected chi connectivity index (χ4v) is 6.05. The maximum Gasteiger partial charge on any atom is 0.475 e. The quantitative estimate of drug-likeness (QED) is 0.265. The van der Waals surface area contributed by atoms with Gasteiger partial charge < -0.3 is 9.72 Å². The lowest BCUT2D eigenvalue weighted by Gasteiger charge is -2.20. The number of phosphoric acid groups is 1. The molecule has 15 heteroatoms. The number of hydrogen-bond acceptors (Lipinski definition) is 12. The van der Waals surface area contributed by atoms with Gasteiger partial charge in [0.25, 0.3) is 5.56 Å². The summed E-state index contributed by atoms with van der Waals surface area (Å²) in [6.07, 6.45) is 4.47. The van der Waals surface area contributed by atoms with Crippen molar-refractivity contribution >= 4 is 52.7 Å². The minimum atomic E-state index is -4.05. The molecule has 1 aliphatic heterocycles. The third-order valence-electron chi connectivity index (χ3n) is 5.23. The molecule has 12 nitrogen and oxygen atoms in total. The number of nitrogens with one attached hydrogen (secondary N) is 1. The highest BCUT2D eigenvalue weighted by molar-refractivity contribution is 8.14. The number of fused-ring (bicyclic) bond motifs is 1. The summed E-state index contributed by atoms with van der Waals surface area (Å²) in [6.45, 7) is 10.6. The van der Waals surface area contributed by atoms with Crippen molar-refractivity contribution in [3.05, 3.63) is 34.8 Å². The van der Waals surface area contributed by atoms with Crippen molar-refractivity contribution in [2.75, 3.05) is 31.3 Å². The molecule has 0 fully saturated rings. The largest absolute Gasteiger partial charge is 0.475 e. The van der Waals surface area contributed by atoms with Crippen LogP contribution in [-0.2, 0) is 32.5 Å². The molecule has 3 rings (SSSR count). The van der Waals surface area contributed by atoms with Gasteiger partial charge in [0, 0.05) is 28.8 Å². The maximum atomic E-state index is 13.4. The Morgan fingerprint density at radius 2 is 1.64 bits per heavy atom. The number of carbonyl (C=O) groups excluding carboxylic acids is 2. The first-order chi connectivity index (χ1) is 18.2. The van der Waals surface area contributed by atoms with Crippen LogP contribution in [0, 0.1) is 10.8 Å². The first-order valence-electron chi connectivity index (χ1n) is 12.3. The number of carbonyl (C=O) groups is 2. The smallest absolute Gasteiger partial charge is 0.472 e.